The van der Waals surface area contributed by atoms with Crippen LogP contribution in [0.5, 0.6) is 5.75 Å². The van der Waals surface area contributed by atoms with Crippen molar-refractivity contribution in [2.75, 3.05) is 14.2 Å². The number of halogens is 1. The van der Waals surface area contributed by atoms with E-state index < -0.39 is 11.9 Å². The highest BCUT2D eigenvalue weighted by atomic mass is 19.1. The van der Waals surface area contributed by atoms with E-state index in [4.69, 9.17) is 10.5 Å². The van der Waals surface area contributed by atoms with E-state index in [1.807, 2.05) is 0 Å². The lowest BCUT2D eigenvalue weighted by molar-refractivity contribution is -0.140. The summed E-state index contributed by atoms with van der Waals surface area (Å²) in [5, 5.41) is 0. The maximum absolute atomic E-state index is 13.4. The summed E-state index contributed by atoms with van der Waals surface area (Å²) < 4.78 is 22.7. The Labute approximate surface area is 99.5 Å². The second-order valence-corrected chi connectivity index (χ2v) is 3.62. The topological polar surface area (TPSA) is 61.5 Å². The minimum absolute atomic E-state index is 0.175. The Morgan fingerprint density at radius 1 is 1.47 bits per heavy atom. The van der Waals surface area contributed by atoms with Crippen molar-refractivity contribution in [3.8, 4) is 5.75 Å². The number of nitrogens with two attached hydrogens (primary N) is 1. The quantitative estimate of drug-likeness (QED) is 0.798. The predicted molar refractivity (Wildman–Crippen MR) is 61.1 cm³/mol. The molecule has 0 fully saturated rings. The van der Waals surface area contributed by atoms with Gasteiger partial charge in [0.25, 0.3) is 0 Å². The van der Waals surface area contributed by atoms with Gasteiger partial charge in [-0.1, -0.05) is 6.07 Å². The highest BCUT2D eigenvalue weighted by molar-refractivity contribution is 5.69. The Balaban J connectivity index is 2.66. The highest BCUT2D eigenvalue weighted by Gasteiger charge is 2.12. The summed E-state index contributed by atoms with van der Waals surface area (Å²) in [6.07, 6.45) is 0.629. The Morgan fingerprint density at radius 2 is 2.18 bits per heavy atom. The number of rotatable bonds is 5. The molecule has 0 aromatic heterocycles. The number of carbonyl (C=O) groups is 1. The van der Waals surface area contributed by atoms with Crippen LogP contribution in [0.4, 0.5) is 4.39 Å². The van der Waals surface area contributed by atoms with Crippen molar-refractivity contribution in [3.63, 3.8) is 0 Å². The fourth-order valence-corrected chi connectivity index (χ4v) is 1.46. The number of benzene rings is 1. The van der Waals surface area contributed by atoms with E-state index in [1.54, 1.807) is 6.07 Å². The molecule has 1 rings (SSSR count). The van der Waals surface area contributed by atoms with Crippen LogP contribution >= 0.6 is 0 Å². The normalized spacial score (nSPS) is 12.0. The molecular formula is C12H16FNO3. The van der Waals surface area contributed by atoms with E-state index in [0.29, 0.717) is 12.0 Å². The summed E-state index contributed by atoms with van der Waals surface area (Å²) >= 11 is 0. The van der Waals surface area contributed by atoms with Crippen LogP contribution in [0.25, 0.3) is 0 Å². The molecule has 4 nitrogen and oxygen atoms in total. The summed E-state index contributed by atoms with van der Waals surface area (Å²) in [6, 6.07) is 4.13. The van der Waals surface area contributed by atoms with E-state index in [0.717, 1.165) is 0 Å². The average molecular weight is 241 g/mol. The zero-order valence-corrected chi connectivity index (χ0v) is 9.90. The maximum Gasteiger partial charge on any atom is 0.305 e. The number of ether oxygens (including phenoxy) is 2. The van der Waals surface area contributed by atoms with Crippen LogP contribution in [0.1, 0.15) is 24.4 Å². The van der Waals surface area contributed by atoms with Gasteiger partial charge in [-0.2, -0.15) is 0 Å². The highest BCUT2D eigenvalue weighted by Crippen LogP contribution is 2.23. The Kier molecular flexibility index (Phi) is 4.90. The number of hydrogen-bond acceptors (Lipinski definition) is 4. The summed E-state index contributed by atoms with van der Waals surface area (Å²) in [4.78, 5) is 10.9. The molecule has 0 radical (unpaired) electrons. The van der Waals surface area contributed by atoms with Gasteiger partial charge in [-0.05, 0) is 24.1 Å². The molecule has 0 aliphatic carbocycles. The molecule has 0 saturated carbocycles. The van der Waals surface area contributed by atoms with E-state index in [9.17, 15) is 9.18 Å². The molecule has 17 heavy (non-hydrogen) atoms. The van der Waals surface area contributed by atoms with Crippen molar-refractivity contribution >= 4 is 5.97 Å². The van der Waals surface area contributed by atoms with Crippen LogP contribution in [-0.2, 0) is 9.53 Å². The predicted octanol–water partition coefficient (Wildman–Crippen LogP) is 1.79. The fourth-order valence-electron chi connectivity index (χ4n) is 1.46. The van der Waals surface area contributed by atoms with Crippen LogP contribution in [0.15, 0.2) is 18.2 Å². The SMILES string of the molecule is COC(=O)CCC(N)c1ccc(OC)c(F)c1. The first-order valence-electron chi connectivity index (χ1n) is 5.24. The molecule has 0 spiro atoms. The Morgan fingerprint density at radius 3 is 2.71 bits per heavy atom. The van der Waals surface area contributed by atoms with Crippen molar-refractivity contribution < 1.29 is 18.7 Å². The lowest BCUT2D eigenvalue weighted by atomic mass is 10.0. The minimum Gasteiger partial charge on any atom is -0.494 e. The summed E-state index contributed by atoms with van der Waals surface area (Å²) in [7, 11) is 2.72. The molecule has 0 saturated heterocycles. The largest absolute Gasteiger partial charge is 0.494 e. The summed E-state index contributed by atoms with van der Waals surface area (Å²) in [5.41, 5.74) is 6.47. The molecule has 1 aromatic rings. The van der Waals surface area contributed by atoms with Crippen molar-refractivity contribution in [2.45, 2.75) is 18.9 Å². The molecular weight excluding hydrogens is 225 g/mol. The van der Waals surface area contributed by atoms with E-state index in [2.05, 4.69) is 4.74 Å². The van der Waals surface area contributed by atoms with Crippen LogP contribution < -0.4 is 10.5 Å². The molecule has 94 valence electrons. The second-order valence-electron chi connectivity index (χ2n) is 3.62. The maximum atomic E-state index is 13.4. The molecule has 2 N–H and O–H groups in total. The van der Waals surface area contributed by atoms with Gasteiger partial charge in [-0.25, -0.2) is 4.39 Å². The third kappa shape index (κ3) is 3.71. The van der Waals surface area contributed by atoms with Gasteiger partial charge in [0.1, 0.15) is 0 Å². The molecule has 1 unspecified atom stereocenters. The van der Waals surface area contributed by atoms with Gasteiger partial charge in [0, 0.05) is 12.5 Å². The Bertz CT molecular complexity index is 395. The number of hydrogen-bond donors (Lipinski definition) is 1. The van der Waals surface area contributed by atoms with Gasteiger partial charge in [-0.3, -0.25) is 4.79 Å². The first-order valence-corrected chi connectivity index (χ1v) is 5.24. The molecule has 0 aliphatic rings. The number of methoxy groups -OCH3 is 2. The molecule has 0 heterocycles. The molecule has 1 aromatic carbocycles. The van der Waals surface area contributed by atoms with Crippen molar-refractivity contribution in [3.05, 3.63) is 29.6 Å². The van der Waals surface area contributed by atoms with Crippen LogP contribution in [0, 0.1) is 5.82 Å². The molecule has 5 heteroatoms. The summed E-state index contributed by atoms with van der Waals surface area (Å²) in [6.45, 7) is 0. The number of carbonyl (C=O) groups excluding carboxylic acids is 1. The molecule has 0 amide bonds. The third-order valence-electron chi connectivity index (χ3n) is 2.49. The monoisotopic (exact) mass is 241 g/mol. The van der Waals surface area contributed by atoms with Gasteiger partial charge in [0.2, 0.25) is 0 Å². The lowest BCUT2D eigenvalue weighted by Crippen LogP contribution is -2.13. The van der Waals surface area contributed by atoms with Gasteiger partial charge >= 0.3 is 5.97 Å². The van der Waals surface area contributed by atoms with Crippen LogP contribution in [-0.4, -0.2) is 20.2 Å². The molecule has 0 aliphatic heterocycles. The van der Waals surface area contributed by atoms with E-state index in [1.165, 1.54) is 26.4 Å². The standard InChI is InChI=1S/C12H16FNO3/c1-16-11-5-3-8(7-9(11)13)10(14)4-6-12(15)17-2/h3,5,7,10H,4,6,14H2,1-2H3. The molecule has 1 atom stereocenters. The smallest absolute Gasteiger partial charge is 0.305 e. The van der Waals surface area contributed by atoms with E-state index in [-0.39, 0.29) is 18.1 Å². The molecule has 0 bridgehead atoms. The van der Waals surface area contributed by atoms with Crippen molar-refractivity contribution in [1.29, 1.82) is 0 Å². The lowest BCUT2D eigenvalue weighted by Gasteiger charge is -2.12. The number of esters is 1. The van der Waals surface area contributed by atoms with Crippen molar-refractivity contribution in [1.82, 2.24) is 0 Å². The zero-order valence-electron chi connectivity index (χ0n) is 9.90. The Hall–Kier alpha value is -1.62. The van der Waals surface area contributed by atoms with Crippen molar-refractivity contribution in [2.24, 2.45) is 5.73 Å². The zero-order chi connectivity index (χ0) is 12.8. The van der Waals surface area contributed by atoms with Gasteiger partial charge in [0.15, 0.2) is 11.6 Å². The third-order valence-corrected chi connectivity index (χ3v) is 2.49. The average Bonchev–Trinajstić information content (AvgIpc) is 2.35. The second kappa shape index (κ2) is 6.20. The van der Waals surface area contributed by atoms with Gasteiger partial charge in [-0.15, -0.1) is 0 Å². The first kappa shape index (κ1) is 13.4. The van der Waals surface area contributed by atoms with E-state index >= 15 is 0 Å². The van der Waals surface area contributed by atoms with Crippen LogP contribution in [0.3, 0.4) is 0 Å². The summed E-state index contributed by atoms with van der Waals surface area (Å²) in [5.74, 6) is -0.609. The minimum atomic E-state index is -0.460. The van der Waals surface area contributed by atoms with Crippen LogP contribution in [0.2, 0.25) is 0 Å². The fraction of sp³-hybridized carbons (Fsp3) is 0.417. The first-order chi connectivity index (χ1) is 8.08. The van der Waals surface area contributed by atoms with Gasteiger partial charge < -0.3 is 15.2 Å². The van der Waals surface area contributed by atoms with Gasteiger partial charge in [0.05, 0.1) is 14.2 Å².